The first-order valence-electron chi connectivity index (χ1n) is 13.6. The molecule has 0 bridgehead atoms. The fourth-order valence-corrected chi connectivity index (χ4v) is 4.99. The molecule has 0 atom stereocenters. The third-order valence-electron chi connectivity index (χ3n) is 7.06. The number of fused-ring (bicyclic) bond motifs is 1. The molecule has 0 amide bonds. The summed E-state index contributed by atoms with van der Waals surface area (Å²) in [6.45, 7) is 15.4. The van der Waals surface area contributed by atoms with Crippen molar-refractivity contribution in [3.05, 3.63) is 65.4 Å². The van der Waals surface area contributed by atoms with Crippen LogP contribution in [0.5, 0.6) is 0 Å². The van der Waals surface area contributed by atoms with Crippen molar-refractivity contribution < 1.29 is 9.47 Å². The molecule has 0 spiro atoms. The van der Waals surface area contributed by atoms with Gasteiger partial charge in [0.1, 0.15) is 5.52 Å². The molecule has 0 N–H and O–H groups in total. The van der Waals surface area contributed by atoms with E-state index in [0.717, 1.165) is 98.7 Å². The van der Waals surface area contributed by atoms with Crippen molar-refractivity contribution in [2.24, 2.45) is 10.9 Å². The average Bonchev–Trinajstić information content (AvgIpc) is 2.96. The van der Waals surface area contributed by atoms with Crippen LogP contribution in [0.1, 0.15) is 49.9 Å². The molecule has 5 rings (SSSR count). The molecule has 2 saturated heterocycles. The summed E-state index contributed by atoms with van der Waals surface area (Å²) in [5.41, 5.74) is 7.17. The Morgan fingerprint density at radius 3 is 2.41 bits per heavy atom. The van der Waals surface area contributed by atoms with Crippen molar-refractivity contribution in [2.75, 3.05) is 51.5 Å². The van der Waals surface area contributed by atoms with Crippen LogP contribution < -0.4 is 10.4 Å². The fourth-order valence-electron chi connectivity index (χ4n) is 4.99. The standard InChI is InChI=1S/C28H35N5O2.C2H6/c1-20-4-6-22(7-5-20)17-26-25-18-24(32-10-14-35-15-11-32)19-30-27(25)28(29-3)33(31-26)21(2)16-23-8-12-34-13-9-23;1-2/h4-7,18-19,23H,2,8-17H2,1,3H3;1-2H3. The molecule has 1 aromatic carbocycles. The first kappa shape index (κ1) is 27.0. The minimum absolute atomic E-state index is 0.558. The number of hydrogen-bond donors (Lipinski definition) is 0. The first-order valence-corrected chi connectivity index (χ1v) is 13.6. The van der Waals surface area contributed by atoms with Crippen LogP contribution in [0.4, 0.5) is 5.69 Å². The predicted octanol–water partition coefficient (Wildman–Crippen LogP) is 5.01. The van der Waals surface area contributed by atoms with Crippen LogP contribution in [0, 0.1) is 12.8 Å². The Kier molecular flexibility index (Phi) is 9.47. The van der Waals surface area contributed by atoms with Crippen molar-refractivity contribution >= 4 is 22.3 Å². The van der Waals surface area contributed by atoms with Gasteiger partial charge in [0.15, 0.2) is 5.49 Å². The van der Waals surface area contributed by atoms with Gasteiger partial charge in [-0.05, 0) is 43.7 Å². The van der Waals surface area contributed by atoms with Crippen molar-refractivity contribution in [3.8, 4) is 0 Å². The number of ether oxygens (including phenoxy) is 2. The third-order valence-corrected chi connectivity index (χ3v) is 7.06. The lowest BCUT2D eigenvalue weighted by molar-refractivity contribution is 0.0675. The second kappa shape index (κ2) is 13.0. The number of rotatable bonds is 6. The lowest BCUT2D eigenvalue weighted by Crippen LogP contribution is -2.36. The van der Waals surface area contributed by atoms with Gasteiger partial charge in [0.25, 0.3) is 0 Å². The molecule has 37 heavy (non-hydrogen) atoms. The van der Waals surface area contributed by atoms with Crippen molar-refractivity contribution in [3.63, 3.8) is 0 Å². The summed E-state index contributed by atoms with van der Waals surface area (Å²) in [4.78, 5) is 11.9. The van der Waals surface area contributed by atoms with Gasteiger partial charge >= 0.3 is 0 Å². The normalized spacial score (nSPS) is 17.0. The number of aryl methyl sites for hydroxylation is 1. The lowest BCUT2D eigenvalue weighted by atomic mass is 9.95. The summed E-state index contributed by atoms with van der Waals surface area (Å²) < 4.78 is 13.0. The van der Waals surface area contributed by atoms with E-state index in [2.05, 4.69) is 53.7 Å². The second-order valence-electron chi connectivity index (χ2n) is 9.58. The van der Waals surface area contributed by atoms with E-state index in [0.29, 0.717) is 5.92 Å². The molecule has 3 aromatic rings. The maximum absolute atomic E-state index is 5.55. The van der Waals surface area contributed by atoms with Gasteiger partial charge in [-0.3, -0.25) is 9.98 Å². The number of pyridine rings is 1. The highest BCUT2D eigenvalue weighted by molar-refractivity contribution is 5.84. The van der Waals surface area contributed by atoms with Crippen LogP contribution in [0.25, 0.3) is 16.6 Å². The summed E-state index contributed by atoms with van der Waals surface area (Å²) in [6, 6.07) is 10.9. The maximum Gasteiger partial charge on any atom is 0.175 e. The summed E-state index contributed by atoms with van der Waals surface area (Å²) in [5.74, 6) is 0.558. The van der Waals surface area contributed by atoms with Crippen LogP contribution >= 0.6 is 0 Å². The molecule has 0 unspecified atom stereocenters. The highest BCUT2D eigenvalue weighted by atomic mass is 16.5. The van der Waals surface area contributed by atoms with Crippen molar-refractivity contribution in [1.29, 1.82) is 0 Å². The molecular formula is C30H41N5O2. The molecule has 0 radical (unpaired) electrons. The van der Waals surface area contributed by atoms with E-state index in [1.165, 1.54) is 11.1 Å². The van der Waals surface area contributed by atoms with E-state index in [-0.39, 0.29) is 0 Å². The molecular weight excluding hydrogens is 462 g/mol. The summed E-state index contributed by atoms with van der Waals surface area (Å²) in [7, 11) is 1.81. The quantitative estimate of drug-likeness (QED) is 0.473. The molecule has 7 nitrogen and oxygen atoms in total. The zero-order valence-corrected chi connectivity index (χ0v) is 22.9. The number of benzene rings is 1. The first-order chi connectivity index (χ1) is 18.1. The molecule has 2 aliphatic heterocycles. The Morgan fingerprint density at radius 2 is 1.73 bits per heavy atom. The van der Waals surface area contributed by atoms with Crippen molar-refractivity contribution in [2.45, 2.75) is 46.5 Å². The van der Waals surface area contributed by atoms with Gasteiger partial charge in [-0.1, -0.05) is 50.3 Å². The molecule has 4 heterocycles. The summed E-state index contributed by atoms with van der Waals surface area (Å²) >= 11 is 0. The highest BCUT2D eigenvalue weighted by Crippen LogP contribution is 2.26. The van der Waals surface area contributed by atoms with Gasteiger partial charge in [-0.15, -0.1) is 0 Å². The minimum atomic E-state index is 0.558. The number of anilines is 1. The Bertz CT molecular complexity index is 1250. The number of aromatic nitrogens is 3. The molecule has 7 heteroatoms. The van der Waals surface area contributed by atoms with E-state index < -0.39 is 0 Å². The van der Waals surface area contributed by atoms with Gasteiger partial charge in [-0.25, -0.2) is 4.68 Å². The number of morpholine rings is 1. The molecule has 2 aliphatic rings. The van der Waals surface area contributed by atoms with Crippen LogP contribution in [0.3, 0.4) is 0 Å². The summed E-state index contributed by atoms with van der Waals surface area (Å²) in [6.07, 6.45) is 5.68. The Hall–Kier alpha value is -3.03. The van der Waals surface area contributed by atoms with Gasteiger partial charge in [0.05, 0.1) is 30.8 Å². The number of hydrogen-bond acceptors (Lipinski definition) is 6. The average molecular weight is 504 g/mol. The lowest BCUT2D eigenvalue weighted by Gasteiger charge is -2.29. The Balaban J connectivity index is 0.00000156. The number of nitrogens with zero attached hydrogens (tertiary/aromatic N) is 5. The minimum Gasteiger partial charge on any atom is -0.381 e. The van der Waals surface area contributed by atoms with Crippen LogP contribution in [0.15, 0.2) is 48.1 Å². The van der Waals surface area contributed by atoms with Crippen LogP contribution in [-0.4, -0.2) is 61.3 Å². The van der Waals surface area contributed by atoms with Crippen molar-refractivity contribution in [1.82, 2.24) is 14.8 Å². The smallest absolute Gasteiger partial charge is 0.175 e. The topological polar surface area (TPSA) is 64.8 Å². The van der Waals surface area contributed by atoms with Gasteiger partial charge < -0.3 is 14.4 Å². The molecule has 2 fully saturated rings. The zero-order chi connectivity index (χ0) is 26.2. The Labute approximate surface area is 220 Å². The van der Waals surface area contributed by atoms with Gasteiger partial charge in [-0.2, -0.15) is 5.10 Å². The predicted molar refractivity (Wildman–Crippen MR) is 151 cm³/mol. The number of allylic oxidation sites excluding steroid dienone is 1. The molecule has 2 aromatic heterocycles. The SMILES string of the molecule is C=C(CC1CCOCC1)n1nc(Cc2ccc(C)cc2)c2cc(N3CCOCC3)cnc2c1=NC.CC. The zero-order valence-electron chi connectivity index (χ0n) is 22.9. The van der Waals surface area contributed by atoms with Crippen LogP contribution in [-0.2, 0) is 15.9 Å². The molecule has 0 saturated carbocycles. The molecule has 198 valence electrons. The summed E-state index contributed by atoms with van der Waals surface area (Å²) in [5, 5.41) is 6.20. The molecule has 0 aliphatic carbocycles. The Morgan fingerprint density at radius 1 is 1.05 bits per heavy atom. The van der Waals surface area contributed by atoms with E-state index in [1.54, 1.807) is 0 Å². The van der Waals surface area contributed by atoms with Gasteiger partial charge in [0, 0.05) is 50.9 Å². The second-order valence-corrected chi connectivity index (χ2v) is 9.58. The van der Waals surface area contributed by atoms with E-state index >= 15 is 0 Å². The van der Waals surface area contributed by atoms with E-state index in [4.69, 9.17) is 19.6 Å². The highest BCUT2D eigenvalue weighted by Gasteiger charge is 2.20. The third kappa shape index (κ3) is 6.46. The largest absolute Gasteiger partial charge is 0.381 e. The van der Waals surface area contributed by atoms with Gasteiger partial charge in [0.2, 0.25) is 0 Å². The van der Waals surface area contributed by atoms with Crippen LogP contribution in [0.2, 0.25) is 0 Å². The maximum atomic E-state index is 5.55. The fraction of sp³-hybridized carbons (Fsp3) is 0.500. The van der Waals surface area contributed by atoms with E-state index in [9.17, 15) is 0 Å². The van der Waals surface area contributed by atoms with E-state index in [1.807, 2.05) is 31.8 Å². The monoisotopic (exact) mass is 503 g/mol.